The highest BCUT2D eigenvalue weighted by molar-refractivity contribution is 5.65. The van der Waals surface area contributed by atoms with Crippen molar-refractivity contribution in [3.05, 3.63) is 76.7 Å². The number of aryl methyl sites for hydroxylation is 1. The number of aromatic hydroxyl groups is 1. The molecule has 0 atom stereocenters. The zero-order chi connectivity index (χ0) is 22.0. The van der Waals surface area contributed by atoms with Crippen LogP contribution < -0.4 is 0 Å². The van der Waals surface area contributed by atoms with E-state index in [1.54, 1.807) is 18.2 Å². The van der Waals surface area contributed by atoms with Gasteiger partial charge in [0.25, 0.3) is 0 Å². The molecule has 0 fully saturated rings. The normalized spacial score (nSPS) is 14.8. The van der Waals surface area contributed by atoms with E-state index in [0.717, 1.165) is 47.4 Å². The first-order valence-electron chi connectivity index (χ1n) is 10.4. The van der Waals surface area contributed by atoms with Gasteiger partial charge in [-0.05, 0) is 42.3 Å². The van der Waals surface area contributed by atoms with Crippen molar-refractivity contribution in [3.8, 4) is 17.0 Å². The quantitative estimate of drug-likeness (QED) is 0.634. The fraction of sp³-hybridized carbons (Fsp3) is 0.333. The van der Waals surface area contributed by atoms with E-state index in [0.29, 0.717) is 31.5 Å². The monoisotopic (exact) mass is 427 g/mol. The molecule has 31 heavy (non-hydrogen) atoms. The molecule has 0 saturated heterocycles. The lowest BCUT2D eigenvalue weighted by Gasteiger charge is -2.20. The van der Waals surface area contributed by atoms with Crippen LogP contribution in [0.2, 0.25) is 0 Å². The third-order valence-corrected chi connectivity index (χ3v) is 5.60. The Bertz CT molecular complexity index is 1060. The highest BCUT2D eigenvalue weighted by Gasteiger charge is 2.30. The van der Waals surface area contributed by atoms with Gasteiger partial charge in [-0.2, -0.15) is 13.2 Å². The number of rotatable bonds is 4. The number of halogens is 3. The second-order valence-corrected chi connectivity index (χ2v) is 7.79. The van der Waals surface area contributed by atoms with Gasteiger partial charge in [0.15, 0.2) is 0 Å². The molecule has 0 aliphatic carbocycles. The van der Waals surface area contributed by atoms with Crippen molar-refractivity contribution in [2.24, 2.45) is 0 Å². The zero-order valence-corrected chi connectivity index (χ0v) is 17.3. The summed E-state index contributed by atoms with van der Waals surface area (Å²) in [5.74, 6) is 0.972. The second-order valence-electron chi connectivity index (χ2n) is 7.79. The van der Waals surface area contributed by atoms with Gasteiger partial charge < -0.3 is 5.11 Å². The summed E-state index contributed by atoms with van der Waals surface area (Å²) in [6.07, 6.45) is -2.19. The van der Waals surface area contributed by atoms with Crippen LogP contribution in [0.4, 0.5) is 13.2 Å². The van der Waals surface area contributed by atoms with Gasteiger partial charge >= 0.3 is 6.18 Å². The molecule has 0 bridgehead atoms. The third-order valence-electron chi connectivity index (χ3n) is 5.60. The van der Waals surface area contributed by atoms with Gasteiger partial charge in [0.05, 0.1) is 11.3 Å². The topological polar surface area (TPSA) is 49.3 Å². The first-order chi connectivity index (χ1) is 14.8. The lowest BCUT2D eigenvalue weighted by Crippen LogP contribution is -2.26. The SMILES string of the molecule is CCc1nc2c(c(-c3ccc(O)cc3)n1)CCN(Cc1cccc(C(F)(F)F)c1)CC2. The van der Waals surface area contributed by atoms with Crippen LogP contribution in [0.1, 0.15) is 35.1 Å². The second kappa shape index (κ2) is 8.67. The number of nitrogens with zero attached hydrogens (tertiary/aromatic N) is 3. The summed E-state index contributed by atoms with van der Waals surface area (Å²) in [6, 6.07) is 12.5. The maximum atomic E-state index is 13.0. The summed E-state index contributed by atoms with van der Waals surface area (Å²) in [7, 11) is 0. The van der Waals surface area contributed by atoms with Crippen LogP contribution in [0.3, 0.4) is 0 Å². The van der Waals surface area contributed by atoms with Crippen LogP contribution in [-0.2, 0) is 32.0 Å². The number of hydrogen-bond acceptors (Lipinski definition) is 4. The molecule has 2 aromatic carbocycles. The van der Waals surface area contributed by atoms with Crippen molar-refractivity contribution in [1.29, 1.82) is 0 Å². The van der Waals surface area contributed by atoms with Crippen molar-refractivity contribution in [2.45, 2.75) is 38.9 Å². The summed E-state index contributed by atoms with van der Waals surface area (Å²) < 4.78 is 39.1. The molecule has 0 radical (unpaired) electrons. The van der Waals surface area contributed by atoms with Gasteiger partial charge in [-0.25, -0.2) is 9.97 Å². The summed E-state index contributed by atoms with van der Waals surface area (Å²) in [5, 5.41) is 9.62. The van der Waals surface area contributed by atoms with Crippen molar-refractivity contribution >= 4 is 0 Å². The van der Waals surface area contributed by atoms with Gasteiger partial charge in [-0.15, -0.1) is 0 Å². The lowest BCUT2D eigenvalue weighted by molar-refractivity contribution is -0.137. The third kappa shape index (κ3) is 4.88. The molecule has 4 rings (SSSR count). The highest BCUT2D eigenvalue weighted by atomic mass is 19.4. The van der Waals surface area contributed by atoms with Crippen LogP contribution in [0, 0.1) is 0 Å². The van der Waals surface area contributed by atoms with E-state index >= 15 is 0 Å². The summed E-state index contributed by atoms with van der Waals surface area (Å²) in [4.78, 5) is 11.7. The molecule has 0 amide bonds. The number of benzene rings is 2. The Morgan fingerprint density at radius 3 is 2.45 bits per heavy atom. The van der Waals surface area contributed by atoms with E-state index in [2.05, 4.69) is 4.90 Å². The smallest absolute Gasteiger partial charge is 0.416 e. The first-order valence-corrected chi connectivity index (χ1v) is 10.4. The maximum absolute atomic E-state index is 13.0. The Hall–Kier alpha value is -2.93. The predicted octanol–water partition coefficient (Wildman–Crippen LogP) is 5.03. The Morgan fingerprint density at radius 2 is 1.74 bits per heavy atom. The predicted molar refractivity (Wildman–Crippen MR) is 113 cm³/mol. The number of fused-ring (bicyclic) bond motifs is 1. The first kappa shape index (κ1) is 21.3. The molecule has 0 spiro atoms. The fourth-order valence-electron chi connectivity index (χ4n) is 3.98. The van der Waals surface area contributed by atoms with Gasteiger partial charge in [0.2, 0.25) is 0 Å². The summed E-state index contributed by atoms with van der Waals surface area (Å²) in [5.41, 5.74) is 3.92. The molecule has 1 aliphatic heterocycles. The number of phenols is 1. The van der Waals surface area contributed by atoms with Crippen LogP contribution in [0.25, 0.3) is 11.3 Å². The van der Waals surface area contributed by atoms with Crippen molar-refractivity contribution < 1.29 is 18.3 Å². The Morgan fingerprint density at radius 1 is 1.00 bits per heavy atom. The standard InChI is InChI=1S/C24H24F3N3O/c1-2-22-28-21-11-13-30(15-16-4-3-5-18(14-16)24(25,26)27)12-10-20(21)23(29-22)17-6-8-19(31)9-7-17/h3-9,14,31H,2,10-13,15H2,1H3. The van der Waals surface area contributed by atoms with Crippen molar-refractivity contribution in [1.82, 2.24) is 14.9 Å². The number of alkyl halides is 3. The minimum atomic E-state index is -4.34. The van der Waals surface area contributed by atoms with Gasteiger partial charge in [-0.1, -0.05) is 25.1 Å². The molecule has 3 aromatic rings. The summed E-state index contributed by atoms with van der Waals surface area (Å²) in [6.45, 7) is 3.90. The Labute approximate surface area is 179 Å². The highest BCUT2D eigenvalue weighted by Crippen LogP contribution is 2.31. The fourth-order valence-corrected chi connectivity index (χ4v) is 3.98. The number of hydrogen-bond donors (Lipinski definition) is 1. The molecular weight excluding hydrogens is 403 g/mol. The van der Waals surface area contributed by atoms with Crippen LogP contribution in [-0.4, -0.2) is 33.1 Å². The minimum Gasteiger partial charge on any atom is -0.508 e. The van der Waals surface area contributed by atoms with Gasteiger partial charge in [0.1, 0.15) is 11.6 Å². The van der Waals surface area contributed by atoms with Gasteiger partial charge in [0, 0.05) is 49.3 Å². The zero-order valence-electron chi connectivity index (χ0n) is 17.3. The Balaban J connectivity index is 1.59. The molecule has 2 heterocycles. The molecule has 1 N–H and O–H groups in total. The van der Waals surface area contributed by atoms with Crippen LogP contribution in [0.15, 0.2) is 48.5 Å². The average molecular weight is 427 g/mol. The van der Waals surface area contributed by atoms with Crippen molar-refractivity contribution in [2.75, 3.05) is 13.1 Å². The molecule has 1 aromatic heterocycles. The van der Waals surface area contributed by atoms with E-state index in [1.165, 1.54) is 12.1 Å². The molecule has 7 heteroatoms. The van der Waals surface area contributed by atoms with E-state index in [1.807, 2.05) is 19.1 Å². The van der Waals surface area contributed by atoms with Crippen molar-refractivity contribution in [3.63, 3.8) is 0 Å². The molecule has 0 saturated carbocycles. The number of aromatic nitrogens is 2. The molecule has 4 nitrogen and oxygen atoms in total. The molecule has 1 aliphatic rings. The van der Waals surface area contributed by atoms with E-state index < -0.39 is 11.7 Å². The molecule has 162 valence electrons. The van der Waals surface area contributed by atoms with Gasteiger partial charge in [-0.3, -0.25) is 4.90 Å². The van der Waals surface area contributed by atoms with E-state index in [9.17, 15) is 18.3 Å². The number of phenolic OH excluding ortho intramolecular Hbond substituents is 1. The lowest BCUT2D eigenvalue weighted by atomic mass is 10.0. The Kier molecular flexibility index (Phi) is 5.96. The largest absolute Gasteiger partial charge is 0.508 e. The van der Waals surface area contributed by atoms with E-state index in [-0.39, 0.29) is 5.75 Å². The van der Waals surface area contributed by atoms with Crippen LogP contribution >= 0.6 is 0 Å². The van der Waals surface area contributed by atoms with E-state index in [4.69, 9.17) is 9.97 Å². The molecule has 0 unspecified atom stereocenters. The minimum absolute atomic E-state index is 0.201. The average Bonchev–Trinajstić information content (AvgIpc) is 2.95. The maximum Gasteiger partial charge on any atom is 0.416 e. The van der Waals surface area contributed by atoms with Crippen LogP contribution in [0.5, 0.6) is 5.75 Å². The molecular formula is C24H24F3N3O. The summed E-state index contributed by atoms with van der Waals surface area (Å²) >= 11 is 0.